The molecule has 32 heavy (non-hydrogen) atoms. The number of benzene rings is 3. The molecule has 0 aliphatic carbocycles. The van der Waals surface area contributed by atoms with E-state index < -0.39 is 6.10 Å². The molecule has 0 aliphatic heterocycles. The van der Waals surface area contributed by atoms with E-state index >= 15 is 0 Å². The largest absolute Gasteiger partial charge is 0.389 e. The molecule has 162 valence electrons. The number of anilines is 1. The molecule has 2 aromatic heterocycles. The molecule has 0 saturated heterocycles. The molecule has 7 heteroatoms. The second kappa shape index (κ2) is 8.09. The molecule has 1 atom stereocenters. The lowest BCUT2D eigenvalue weighted by Crippen LogP contribution is -2.32. The van der Waals surface area contributed by atoms with Crippen LogP contribution in [0.5, 0.6) is 0 Å². The number of H-pyrrole nitrogens is 1. The fourth-order valence-corrected chi connectivity index (χ4v) is 4.24. The molecule has 0 spiro atoms. The predicted molar refractivity (Wildman–Crippen MR) is 123 cm³/mol. The van der Waals surface area contributed by atoms with Gasteiger partial charge < -0.3 is 14.6 Å². The molecule has 0 amide bonds. The second-order valence-corrected chi connectivity index (χ2v) is 7.97. The zero-order chi connectivity index (χ0) is 22.2. The van der Waals surface area contributed by atoms with Crippen molar-refractivity contribution in [2.75, 3.05) is 18.5 Å². The molecule has 0 radical (unpaired) electrons. The summed E-state index contributed by atoms with van der Waals surface area (Å²) in [5, 5.41) is 19.1. The Morgan fingerprint density at radius 2 is 1.56 bits per heavy atom. The normalized spacial score (nSPS) is 12.5. The number of aromatic amines is 1. The van der Waals surface area contributed by atoms with Crippen LogP contribution in [0.4, 0.5) is 14.5 Å². The van der Waals surface area contributed by atoms with Crippen LogP contribution in [0.25, 0.3) is 33.1 Å². The molecule has 5 nitrogen and oxygen atoms in total. The zero-order valence-electron chi connectivity index (χ0n) is 17.5. The molecule has 0 saturated carbocycles. The minimum absolute atomic E-state index is 0.299. The highest BCUT2D eigenvalue weighted by atomic mass is 19.1. The average molecular weight is 432 g/mol. The van der Waals surface area contributed by atoms with Crippen molar-refractivity contribution in [3.63, 3.8) is 0 Å². The number of aliphatic hydroxyl groups is 1. The number of rotatable bonds is 6. The van der Waals surface area contributed by atoms with E-state index in [1.165, 1.54) is 24.3 Å². The van der Waals surface area contributed by atoms with Crippen LogP contribution in [-0.2, 0) is 6.54 Å². The van der Waals surface area contributed by atoms with Crippen LogP contribution in [0, 0.1) is 11.6 Å². The maximum absolute atomic E-state index is 13.9. The van der Waals surface area contributed by atoms with E-state index in [1.807, 2.05) is 46.8 Å². The Morgan fingerprint density at radius 1 is 0.938 bits per heavy atom. The van der Waals surface area contributed by atoms with Crippen LogP contribution in [-0.4, -0.2) is 39.6 Å². The number of hydrogen-bond acceptors (Lipinski definition) is 3. The molecule has 3 aromatic carbocycles. The Morgan fingerprint density at radius 3 is 2.12 bits per heavy atom. The third-order valence-electron chi connectivity index (χ3n) is 5.77. The highest BCUT2D eigenvalue weighted by Gasteiger charge is 2.16. The highest BCUT2D eigenvalue weighted by molar-refractivity contribution is 6.08. The highest BCUT2D eigenvalue weighted by Crippen LogP contribution is 2.30. The molecule has 0 aliphatic rings. The van der Waals surface area contributed by atoms with Gasteiger partial charge in [0.2, 0.25) is 0 Å². The first kappa shape index (κ1) is 20.2. The van der Waals surface area contributed by atoms with E-state index in [2.05, 4.69) is 10.2 Å². The summed E-state index contributed by atoms with van der Waals surface area (Å²) in [4.78, 5) is 1.98. The van der Waals surface area contributed by atoms with Crippen molar-refractivity contribution in [3.05, 3.63) is 84.6 Å². The van der Waals surface area contributed by atoms with E-state index in [-0.39, 0.29) is 11.6 Å². The van der Waals surface area contributed by atoms with Crippen LogP contribution in [0.15, 0.2) is 72.9 Å². The first-order valence-corrected chi connectivity index (χ1v) is 10.4. The zero-order valence-corrected chi connectivity index (χ0v) is 17.5. The van der Waals surface area contributed by atoms with Crippen LogP contribution < -0.4 is 4.90 Å². The van der Waals surface area contributed by atoms with Crippen molar-refractivity contribution in [1.29, 1.82) is 0 Å². The van der Waals surface area contributed by atoms with Crippen LogP contribution in [0.2, 0.25) is 0 Å². The second-order valence-electron chi connectivity index (χ2n) is 7.97. The fourth-order valence-electron chi connectivity index (χ4n) is 4.24. The van der Waals surface area contributed by atoms with Crippen LogP contribution in [0.1, 0.15) is 0 Å². The fraction of sp³-hybridized carbons (Fsp3) is 0.160. The van der Waals surface area contributed by atoms with Crippen molar-refractivity contribution in [2.45, 2.75) is 12.6 Å². The molecule has 0 fully saturated rings. The summed E-state index contributed by atoms with van der Waals surface area (Å²) in [5.41, 5.74) is 4.37. The maximum atomic E-state index is 13.9. The lowest BCUT2D eigenvalue weighted by Gasteiger charge is -2.24. The average Bonchev–Trinajstić information content (AvgIpc) is 3.41. The van der Waals surface area contributed by atoms with Gasteiger partial charge >= 0.3 is 0 Å². The summed E-state index contributed by atoms with van der Waals surface area (Å²) in [5.74, 6) is -0.751. The molecule has 1 unspecified atom stereocenters. The van der Waals surface area contributed by atoms with Gasteiger partial charge in [-0.3, -0.25) is 5.10 Å². The summed E-state index contributed by atoms with van der Waals surface area (Å²) in [6.07, 6.45) is 1.09. The summed E-state index contributed by atoms with van der Waals surface area (Å²) in [6, 6.07) is 18.8. The van der Waals surface area contributed by atoms with Gasteiger partial charge in [-0.2, -0.15) is 5.10 Å². The Kier molecular flexibility index (Phi) is 5.11. The van der Waals surface area contributed by atoms with Crippen LogP contribution in [0.3, 0.4) is 0 Å². The molecular weight excluding hydrogens is 410 g/mol. The van der Waals surface area contributed by atoms with Gasteiger partial charge in [0.1, 0.15) is 11.6 Å². The lowest BCUT2D eigenvalue weighted by molar-refractivity contribution is 0.163. The Balaban J connectivity index is 1.38. The minimum atomic E-state index is -0.695. The van der Waals surface area contributed by atoms with E-state index in [4.69, 9.17) is 0 Å². The molecular formula is C25H22F2N4O. The van der Waals surface area contributed by atoms with Gasteiger partial charge in [0.05, 0.1) is 18.3 Å². The Hall–Kier alpha value is -3.71. The molecule has 2 heterocycles. The molecule has 5 aromatic rings. The summed E-state index contributed by atoms with van der Waals surface area (Å²) in [7, 11) is 1.92. The smallest absolute Gasteiger partial charge is 0.123 e. The quantitative estimate of drug-likeness (QED) is 0.399. The Bertz CT molecular complexity index is 1320. The van der Waals surface area contributed by atoms with Crippen molar-refractivity contribution in [1.82, 2.24) is 14.8 Å². The SMILES string of the molecule is CN(CC(O)Cn1c2ccc(F)cc2c2cc(F)ccc21)c1ccc(-c2cc[nH]n2)cc1. The maximum Gasteiger partial charge on any atom is 0.123 e. The standard InChI is InChI=1S/C25H22F2N4O/c1-30(19-6-2-16(3-7-19)23-10-11-28-29-23)14-20(32)15-31-24-8-4-17(26)12-21(24)22-13-18(27)5-9-25(22)31/h2-13,20,32H,14-15H2,1H3,(H,28,29). The van der Waals surface area contributed by atoms with E-state index in [0.717, 1.165) is 28.0 Å². The van der Waals surface area contributed by atoms with Gasteiger partial charge in [0.25, 0.3) is 0 Å². The van der Waals surface area contributed by atoms with Crippen molar-refractivity contribution in [2.24, 2.45) is 0 Å². The van der Waals surface area contributed by atoms with Gasteiger partial charge in [-0.25, -0.2) is 8.78 Å². The predicted octanol–water partition coefficient (Wildman–Crippen LogP) is 4.96. The van der Waals surface area contributed by atoms with Crippen LogP contribution >= 0.6 is 0 Å². The van der Waals surface area contributed by atoms with Gasteiger partial charge in [0.15, 0.2) is 0 Å². The first-order chi connectivity index (χ1) is 15.5. The summed E-state index contributed by atoms with van der Waals surface area (Å²) in [6.45, 7) is 0.693. The van der Waals surface area contributed by atoms with E-state index in [1.54, 1.807) is 18.3 Å². The van der Waals surface area contributed by atoms with E-state index in [9.17, 15) is 13.9 Å². The monoisotopic (exact) mass is 432 g/mol. The third kappa shape index (κ3) is 3.71. The van der Waals surface area contributed by atoms with Gasteiger partial charge in [-0.05, 0) is 54.6 Å². The number of nitrogens with one attached hydrogen (secondary N) is 1. The van der Waals surface area contributed by atoms with Gasteiger partial charge in [0, 0.05) is 52.8 Å². The van der Waals surface area contributed by atoms with Crippen molar-refractivity contribution < 1.29 is 13.9 Å². The topological polar surface area (TPSA) is 57.1 Å². The number of likely N-dealkylation sites (N-methyl/N-ethyl adjacent to an activating group) is 1. The number of hydrogen-bond donors (Lipinski definition) is 2. The summed E-state index contributed by atoms with van der Waals surface area (Å²) < 4.78 is 29.6. The number of halogens is 2. The summed E-state index contributed by atoms with van der Waals surface area (Å²) >= 11 is 0. The van der Waals surface area contributed by atoms with Gasteiger partial charge in [-0.15, -0.1) is 0 Å². The van der Waals surface area contributed by atoms with Crippen molar-refractivity contribution in [3.8, 4) is 11.3 Å². The number of aromatic nitrogens is 3. The number of fused-ring (bicyclic) bond motifs is 3. The molecule has 0 bridgehead atoms. The number of nitrogens with zero attached hydrogens (tertiary/aromatic N) is 3. The molecule has 5 rings (SSSR count). The van der Waals surface area contributed by atoms with E-state index in [0.29, 0.717) is 23.9 Å². The van der Waals surface area contributed by atoms with Crippen molar-refractivity contribution >= 4 is 27.5 Å². The number of aliphatic hydroxyl groups excluding tert-OH is 1. The third-order valence-corrected chi connectivity index (χ3v) is 5.77. The lowest BCUT2D eigenvalue weighted by atomic mass is 10.1. The van der Waals surface area contributed by atoms with Gasteiger partial charge in [-0.1, -0.05) is 12.1 Å². The molecule has 2 N–H and O–H groups in total. The minimum Gasteiger partial charge on any atom is -0.389 e. The first-order valence-electron chi connectivity index (χ1n) is 10.4. The Labute approximate surface area is 183 Å².